The highest BCUT2D eigenvalue weighted by Gasteiger charge is 2.18. The Hall–Kier alpha value is -1.94. The Bertz CT molecular complexity index is 476. The Labute approximate surface area is 99.4 Å². The third kappa shape index (κ3) is 2.26. The molecule has 0 spiro atoms. The van der Waals surface area contributed by atoms with Crippen LogP contribution >= 0.6 is 0 Å². The number of rotatable bonds is 4. The van der Waals surface area contributed by atoms with Gasteiger partial charge in [-0.25, -0.2) is 0 Å². The molecule has 0 saturated heterocycles. The monoisotopic (exact) mass is 234 g/mol. The molecule has 1 heterocycles. The first-order valence-electron chi connectivity index (χ1n) is 5.19. The van der Waals surface area contributed by atoms with Gasteiger partial charge in [0.25, 0.3) is 0 Å². The molecular weight excluding hydrogens is 220 g/mol. The van der Waals surface area contributed by atoms with Crippen LogP contribution in [0.1, 0.15) is 17.4 Å². The molecule has 4 heteroatoms. The van der Waals surface area contributed by atoms with Crippen LogP contribution < -0.4 is 9.47 Å². The minimum atomic E-state index is -0.842. The van der Waals surface area contributed by atoms with Gasteiger partial charge < -0.3 is 19.0 Å². The summed E-state index contributed by atoms with van der Waals surface area (Å²) < 4.78 is 15.5. The first-order chi connectivity index (χ1) is 8.26. The number of methoxy groups -OCH3 is 2. The van der Waals surface area contributed by atoms with Crippen molar-refractivity contribution in [3.63, 3.8) is 0 Å². The minimum Gasteiger partial charge on any atom is -0.497 e. The van der Waals surface area contributed by atoms with Gasteiger partial charge in [0.15, 0.2) is 0 Å². The lowest BCUT2D eigenvalue weighted by Crippen LogP contribution is -2.01. The zero-order valence-corrected chi connectivity index (χ0v) is 9.71. The molecule has 0 bridgehead atoms. The quantitative estimate of drug-likeness (QED) is 0.882. The van der Waals surface area contributed by atoms with Crippen LogP contribution in [0.3, 0.4) is 0 Å². The maximum Gasteiger partial charge on any atom is 0.140 e. The number of ether oxygens (including phenoxy) is 2. The molecule has 0 amide bonds. The van der Waals surface area contributed by atoms with E-state index in [0.717, 1.165) is 0 Å². The van der Waals surface area contributed by atoms with Gasteiger partial charge in [-0.05, 0) is 24.3 Å². The zero-order valence-electron chi connectivity index (χ0n) is 9.71. The van der Waals surface area contributed by atoms with Gasteiger partial charge in [-0.1, -0.05) is 0 Å². The van der Waals surface area contributed by atoms with Gasteiger partial charge >= 0.3 is 0 Å². The molecule has 1 aromatic carbocycles. The van der Waals surface area contributed by atoms with Crippen molar-refractivity contribution in [2.45, 2.75) is 6.10 Å². The third-order valence-electron chi connectivity index (χ3n) is 2.55. The molecule has 17 heavy (non-hydrogen) atoms. The van der Waals surface area contributed by atoms with E-state index in [4.69, 9.17) is 13.9 Å². The van der Waals surface area contributed by atoms with Crippen molar-refractivity contribution in [2.75, 3.05) is 14.2 Å². The standard InChI is InChI=1S/C13H14O4/c1-15-9-5-6-10(12(8-9)16-2)13(14)11-4-3-7-17-11/h3-8,13-14H,1-2H3. The predicted octanol–water partition coefficient (Wildman–Crippen LogP) is 2.38. The smallest absolute Gasteiger partial charge is 0.140 e. The van der Waals surface area contributed by atoms with Gasteiger partial charge in [0.1, 0.15) is 23.4 Å². The van der Waals surface area contributed by atoms with Crippen LogP contribution in [-0.2, 0) is 0 Å². The Morgan fingerprint density at radius 3 is 2.59 bits per heavy atom. The normalized spacial score (nSPS) is 12.2. The van der Waals surface area contributed by atoms with Crippen molar-refractivity contribution in [3.8, 4) is 11.5 Å². The summed E-state index contributed by atoms with van der Waals surface area (Å²) >= 11 is 0. The maximum atomic E-state index is 10.1. The number of aliphatic hydroxyl groups is 1. The van der Waals surface area contributed by atoms with E-state index in [1.54, 1.807) is 44.6 Å². The van der Waals surface area contributed by atoms with Gasteiger partial charge in [-0.2, -0.15) is 0 Å². The molecule has 1 aromatic heterocycles. The van der Waals surface area contributed by atoms with E-state index in [-0.39, 0.29) is 0 Å². The van der Waals surface area contributed by atoms with Crippen LogP contribution in [0, 0.1) is 0 Å². The number of hydrogen-bond acceptors (Lipinski definition) is 4. The molecule has 0 fully saturated rings. The van der Waals surface area contributed by atoms with Crippen LogP contribution in [0.4, 0.5) is 0 Å². The molecule has 0 aliphatic heterocycles. The average Bonchev–Trinajstić information content (AvgIpc) is 2.91. The minimum absolute atomic E-state index is 0.480. The van der Waals surface area contributed by atoms with Crippen molar-refractivity contribution in [3.05, 3.63) is 47.9 Å². The predicted molar refractivity (Wildman–Crippen MR) is 62.3 cm³/mol. The van der Waals surface area contributed by atoms with Crippen LogP contribution in [0.5, 0.6) is 11.5 Å². The average molecular weight is 234 g/mol. The highest BCUT2D eigenvalue weighted by atomic mass is 16.5. The van der Waals surface area contributed by atoms with Gasteiger partial charge in [0.05, 0.1) is 20.5 Å². The lowest BCUT2D eigenvalue weighted by molar-refractivity contribution is 0.185. The Balaban J connectivity index is 2.38. The lowest BCUT2D eigenvalue weighted by atomic mass is 10.1. The molecular formula is C13H14O4. The second-order valence-electron chi connectivity index (χ2n) is 3.53. The fraction of sp³-hybridized carbons (Fsp3) is 0.231. The van der Waals surface area contributed by atoms with Crippen molar-refractivity contribution in [1.82, 2.24) is 0 Å². The van der Waals surface area contributed by atoms with E-state index < -0.39 is 6.10 Å². The van der Waals surface area contributed by atoms with Crippen LogP contribution in [-0.4, -0.2) is 19.3 Å². The Morgan fingerprint density at radius 2 is 2.00 bits per heavy atom. The van der Waals surface area contributed by atoms with Crippen LogP contribution in [0.15, 0.2) is 41.0 Å². The summed E-state index contributed by atoms with van der Waals surface area (Å²) in [5.74, 6) is 1.72. The summed E-state index contributed by atoms with van der Waals surface area (Å²) in [5.41, 5.74) is 0.642. The van der Waals surface area contributed by atoms with Crippen molar-refractivity contribution in [2.24, 2.45) is 0 Å². The maximum absolute atomic E-state index is 10.1. The summed E-state index contributed by atoms with van der Waals surface area (Å²) in [7, 11) is 3.13. The van der Waals surface area contributed by atoms with E-state index in [9.17, 15) is 5.11 Å². The molecule has 4 nitrogen and oxygen atoms in total. The summed E-state index contributed by atoms with van der Waals surface area (Å²) in [5, 5.41) is 10.1. The third-order valence-corrected chi connectivity index (χ3v) is 2.55. The van der Waals surface area contributed by atoms with Gasteiger partial charge in [0.2, 0.25) is 0 Å². The van der Waals surface area contributed by atoms with E-state index in [0.29, 0.717) is 22.8 Å². The fourth-order valence-electron chi connectivity index (χ4n) is 1.64. The highest BCUT2D eigenvalue weighted by Crippen LogP contribution is 2.32. The fourth-order valence-corrected chi connectivity index (χ4v) is 1.64. The Kier molecular flexibility index (Phi) is 3.35. The summed E-state index contributed by atoms with van der Waals surface area (Å²) in [6.45, 7) is 0. The van der Waals surface area contributed by atoms with Crippen LogP contribution in [0.2, 0.25) is 0 Å². The number of hydrogen-bond donors (Lipinski definition) is 1. The number of furan rings is 1. The largest absolute Gasteiger partial charge is 0.497 e. The topological polar surface area (TPSA) is 51.8 Å². The summed E-state index contributed by atoms with van der Waals surface area (Å²) in [4.78, 5) is 0. The van der Waals surface area contributed by atoms with E-state index in [2.05, 4.69) is 0 Å². The summed E-state index contributed by atoms with van der Waals surface area (Å²) in [6, 6.07) is 8.69. The van der Waals surface area contributed by atoms with E-state index in [1.165, 1.54) is 6.26 Å². The Morgan fingerprint density at radius 1 is 1.18 bits per heavy atom. The molecule has 2 rings (SSSR count). The molecule has 1 unspecified atom stereocenters. The zero-order chi connectivity index (χ0) is 12.3. The molecule has 1 N–H and O–H groups in total. The first-order valence-corrected chi connectivity index (χ1v) is 5.19. The van der Waals surface area contributed by atoms with Gasteiger partial charge in [-0.3, -0.25) is 0 Å². The molecule has 2 aromatic rings. The first kappa shape index (κ1) is 11.5. The lowest BCUT2D eigenvalue weighted by Gasteiger charge is -2.13. The van der Waals surface area contributed by atoms with Crippen molar-refractivity contribution < 1.29 is 19.0 Å². The second kappa shape index (κ2) is 4.93. The molecule has 0 saturated carbocycles. The van der Waals surface area contributed by atoms with E-state index in [1.807, 2.05) is 0 Å². The molecule has 0 aliphatic rings. The number of aliphatic hydroxyl groups excluding tert-OH is 1. The summed E-state index contributed by atoms with van der Waals surface area (Å²) in [6.07, 6.45) is 0.681. The van der Waals surface area contributed by atoms with Gasteiger partial charge in [-0.15, -0.1) is 0 Å². The SMILES string of the molecule is COc1ccc(C(O)c2ccco2)c(OC)c1. The van der Waals surface area contributed by atoms with E-state index >= 15 is 0 Å². The van der Waals surface area contributed by atoms with Gasteiger partial charge in [0, 0.05) is 11.6 Å². The van der Waals surface area contributed by atoms with Crippen molar-refractivity contribution >= 4 is 0 Å². The van der Waals surface area contributed by atoms with Crippen molar-refractivity contribution in [1.29, 1.82) is 0 Å². The molecule has 0 aliphatic carbocycles. The molecule has 90 valence electrons. The molecule has 1 atom stereocenters. The second-order valence-corrected chi connectivity index (χ2v) is 3.53. The number of benzene rings is 1. The van der Waals surface area contributed by atoms with Crippen LogP contribution in [0.25, 0.3) is 0 Å². The molecule has 0 radical (unpaired) electrons. The highest BCUT2D eigenvalue weighted by molar-refractivity contribution is 5.43.